The zero-order chi connectivity index (χ0) is 16.5. The van der Waals surface area contributed by atoms with Gasteiger partial charge in [0.2, 0.25) is 5.28 Å². The summed E-state index contributed by atoms with van der Waals surface area (Å²) >= 11 is 7.64. The Morgan fingerprint density at radius 2 is 1.79 bits per heavy atom. The molecule has 2 heterocycles. The van der Waals surface area contributed by atoms with Crippen molar-refractivity contribution in [2.24, 2.45) is 0 Å². The van der Waals surface area contributed by atoms with Crippen LogP contribution in [-0.2, 0) is 0 Å². The Kier molecular flexibility index (Phi) is 3.80. The van der Waals surface area contributed by atoms with Gasteiger partial charge in [0.05, 0.1) is 5.39 Å². The minimum absolute atomic E-state index is 0.187. The molecule has 0 amide bonds. The Morgan fingerprint density at radius 3 is 2.58 bits per heavy atom. The normalized spacial score (nSPS) is 10.9. The van der Waals surface area contributed by atoms with Crippen LogP contribution in [0, 0.1) is 0 Å². The number of nitrogens with zero attached hydrogens (tertiary/aromatic N) is 2. The van der Waals surface area contributed by atoms with E-state index in [9.17, 15) is 5.11 Å². The van der Waals surface area contributed by atoms with Crippen LogP contribution in [0.1, 0.15) is 0 Å². The molecule has 0 aliphatic carbocycles. The maximum absolute atomic E-state index is 9.61. The number of anilines is 2. The number of hydrogen-bond donors (Lipinski definition) is 2. The SMILES string of the molecule is Oc1cccc(Nc2nc(Cl)nc3sc(-c4ccccc4)cc23)c1. The number of rotatable bonds is 3. The summed E-state index contributed by atoms with van der Waals surface area (Å²) in [5.41, 5.74) is 1.86. The monoisotopic (exact) mass is 353 g/mol. The molecule has 4 aromatic rings. The highest BCUT2D eigenvalue weighted by atomic mass is 35.5. The zero-order valence-corrected chi connectivity index (χ0v) is 14.0. The summed E-state index contributed by atoms with van der Waals surface area (Å²) in [6.07, 6.45) is 0. The van der Waals surface area contributed by atoms with Crippen molar-refractivity contribution in [1.82, 2.24) is 9.97 Å². The number of hydrogen-bond acceptors (Lipinski definition) is 5. The average molecular weight is 354 g/mol. The van der Waals surface area contributed by atoms with Gasteiger partial charge in [-0.25, -0.2) is 4.98 Å². The zero-order valence-electron chi connectivity index (χ0n) is 12.4. The molecular formula is C18H12ClN3OS. The predicted molar refractivity (Wildman–Crippen MR) is 99.3 cm³/mol. The summed E-state index contributed by atoms with van der Waals surface area (Å²) in [5.74, 6) is 0.806. The number of benzene rings is 2. The smallest absolute Gasteiger partial charge is 0.225 e. The molecule has 0 radical (unpaired) electrons. The molecule has 6 heteroatoms. The molecule has 2 N–H and O–H groups in total. The van der Waals surface area contributed by atoms with Crippen molar-refractivity contribution in [3.05, 3.63) is 65.9 Å². The van der Waals surface area contributed by atoms with E-state index in [1.807, 2.05) is 24.3 Å². The van der Waals surface area contributed by atoms with E-state index in [0.717, 1.165) is 26.3 Å². The van der Waals surface area contributed by atoms with Gasteiger partial charge in [0.1, 0.15) is 16.4 Å². The number of phenols is 1. The molecule has 0 aliphatic rings. The Hall–Kier alpha value is -2.63. The fourth-order valence-corrected chi connectivity index (χ4v) is 3.71. The number of nitrogens with one attached hydrogen (secondary N) is 1. The third kappa shape index (κ3) is 2.91. The maximum atomic E-state index is 9.61. The van der Waals surface area contributed by atoms with Crippen molar-refractivity contribution >= 4 is 44.7 Å². The number of phenolic OH excluding ortho intramolecular Hbond substituents is 1. The van der Waals surface area contributed by atoms with Gasteiger partial charge in [-0.05, 0) is 35.4 Å². The van der Waals surface area contributed by atoms with Crippen LogP contribution in [0.3, 0.4) is 0 Å². The van der Waals surface area contributed by atoms with Crippen LogP contribution in [0.25, 0.3) is 20.7 Å². The van der Waals surface area contributed by atoms with E-state index in [0.29, 0.717) is 5.82 Å². The molecule has 2 aromatic carbocycles. The van der Waals surface area contributed by atoms with Gasteiger partial charge in [-0.2, -0.15) is 4.98 Å². The van der Waals surface area contributed by atoms with Gasteiger partial charge in [-0.3, -0.25) is 0 Å². The van der Waals surface area contributed by atoms with Crippen LogP contribution >= 0.6 is 22.9 Å². The van der Waals surface area contributed by atoms with E-state index in [4.69, 9.17) is 11.6 Å². The standard InChI is InChI=1S/C18H12ClN3OS/c19-18-21-16(20-12-7-4-8-13(23)9-12)14-10-15(24-17(14)22-18)11-5-2-1-3-6-11/h1-10,23H,(H,20,21,22). The number of halogens is 1. The lowest BCUT2D eigenvalue weighted by atomic mass is 10.2. The van der Waals surface area contributed by atoms with Crippen molar-refractivity contribution in [2.75, 3.05) is 5.32 Å². The Labute approximate surface area is 147 Å². The van der Waals surface area contributed by atoms with Crippen LogP contribution < -0.4 is 5.32 Å². The summed E-state index contributed by atoms with van der Waals surface area (Å²) in [6.45, 7) is 0. The van der Waals surface area contributed by atoms with Crippen molar-refractivity contribution in [2.45, 2.75) is 0 Å². The van der Waals surface area contributed by atoms with Crippen molar-refractivity contribution in [3.8, 4) is 16.2 Å². The number of aromatic hydroxyl groups is 1. The first kappa shape index (κ1) is 14.9. The molecule has 4 rings (SSSR count). The molecule has 24 heavy (non-hydrogen) atoms. The number of thiophene rings is 1. The summed E-state index contributed by atoms with van der Waals surface area (Å²) in [7, 11) is 0. The molecule has 4 nitrogen and oxygen atoms in total. The van der Waals surface area contributed by atoms with E-state index >= 15 is 0 Å². The minimum Gasteiger partial charge on any atom is -0.508 e. The summed E-state index contributed by atoms with van der Waals surface area (Å²) in [6, 6.07) is 19.0. The second-order valence-corrected chi connectivity index (χ2v) is 6.58. The van der Waals surface area contributed by atoms with Crippen molar-refractivity contribution in [1.29, 1.82) is 0 Å². The van der Waals surface area contributed by atoms with Crippen LogP contribution in [0.4, 0.5) is 11.5 Å². The third-order valence-electron chi connectivity index (χ3n) is 3.53. The van der Waals surface area contributed by atoms with Gasteiger partial charge < -0.3 is 10.4 Å². The molecule has 118 valence electrons. The van der Waals surface area contributed by atoms with E-state index in [1.165, 1.54) is 0 Å². The van der Waals surface area contributed by atoms with Crippen molar-refractivity contribution < 1.29 is 5.11 Å². The Bertz CT molecular complexity index is 1020. The fourth-order valence-electron chi connectivity index (χ4n) is 2.46. The molecule has 2 aromatic heterocycles. The maximum Gasteiger partial charge on any atom is 0.225 e. The third-order valence-corrected chi connectivity index (χ3v) is 4.78. The highest BCUT2D eigenvalue weighted by Gasteiger charge is 2.12. The first-order valence-corrected chi connectivity index (χ1v) is 8.47. The predicted octanol–water partition coefficient (Wildman–Crippen LogP) is 5.46. The first-order valence-electron chi connectivity index (χ1n) is 7.27. The molecule has 0 bridgehead atoms. The average Bonchev–Trinajstić information content (AvgIpc) is 3.00. The topological polar surface area (TPSA) is 58.0 Å². The molecule has 0 unspecified atom stereocenters. The molecular weight excluding hydrogens is 342 g/mol. The molecule has 0 atom stereocenters. The molecule has 0 spiro atoms. The van der Waals surface area contributed by atoms with Crippen LogP contribution in [-0.4, -0.2) is 15.1 Å². The molecule has 0 saturated heterocycles. The van der Waals surface area contributed by atoms with E-state index in [1.54, 1.807) is 29.5 Å². The summed E-state index contributed by atoms with van der Waals surface area (Å²) < 4.78 is 0. The number of fused-ring (bicyclic) bond motifs is 1. The summed E-state index contributed by atoms with van der Waals surface area (Å²) in [4.78, 5) is 10.5. The molecule has 0 fully saturated rings. The Morgan fingerprint density at radius 1 is 0.958 bits per heavy atom. The highest BCUT2D eigenvalue weighted by Crippen LogP contribution is 2.36. The molecule has 0 saturated carbocycles. The van der Waals surface area contributed by atoms with E-state index in [-0.39, 0.29) is 11.0 Å². The van der Waals surface area contributed by atoms with Gasteiger partial charge in [-0.15, -0.1) is 11.3 Å². The van der Waals surface area contributed by atoms with Gasteiger partial charge >= 0.3 is 0 Å². The van der Waals surface area contributed by atoms with Crippen LogP contribution in [0.5, 0.6) is 5.75 Å². The van der Waals surface area contributed by atoms with Crippen molar-refractivity contribution in [3.63, 3.8) is 0 Å². The minimum atomic E-state index is 0.187. The second kappa shape index (κ2) is 6.11. The van der Waals surface area contributed by atoms with E-state index < -0.39 is 0 Å². The lowest BCUT2D eigenvalue weighted by Gasteiger charge is -2.07. The fraction of sp³-hybridized carbons (Fsp3) is 0. The lowest BCUT2D eigenvalue weighted by Crippen LogP contribution is -1.95. The second-order valence-electron chi connectivity index (χ2n) is 5.21. The highest BCUT2D eigenvalue weighted by molar-refractivity contribution is 7.22. The van der Waals surface area contributed by atoms with Gasteiger partial charge in [0.15, 0.2) is 0 Å². The summed E-state index contributed by atoms with van der Waals surface area (Å²) in [5, 5.41) is 13.9. The van der Waals surface area contributed by atoms with Gasteiger partial charge in [-0.1, -0.05) is 36.4 Å². The van der Waals surface area contributed by atoms with Gasteiger partial charge in [0.25, 0.3) is 0 Å². The number of aromatic nitrogens is 2. The first-order chi connectivity index (χ1) is 11.7. The largest absolute Gasteiger partial charge is 0.508 e. The van der Waals surface area contributed by atoms with Gasteiger partial charge in [0, 0.05) is 16.6 Å². The van der Waals surface area contributed by atoms with Crippen LogP contribution in [0.15, 0.2) is 60.7 Å². The molecule has 0 aliphatic heterocycles. The lowest BCUT2D eigenvalue weighted by molar-refractivity contribution is 0.475. The van der Waals surface area contributed by atoms with Crippen LogP contribution in [0.2, 0.25) is 5.28 Å². The van der Waals surface area contributed by atoms with E-state index in [2.05, 4.69) is 33.5 Å². The Balaban J connectivity index is 1.81. The quantitative estimate of drug-likeness (QED) is 0.480.